The average molecular weight is 281 g/mol. The highest BCUT2D eigenvalue weighted by molar-refractivity contribution is 8.00. The highest BCUT2D eigenvalue weighted by Gasteiger charge is 2.09. The van der Waals surface area contributed by atoms with E-state index in [1.165, 1.54) is 11.3 Å². The van der Waals surface area contributed by atoms with Crippen LogP contribution < -0.4 is 4.74 Å². The molecule has 1 aromatic carbocycles. The molecule has 94 valence electrons. The van der Waals surface area contributed by atoms with Gasteiger partial charge in [0.05, 0.1) is 17.5 Å². The third kappa shape index (κ3) is 3.24. The number of aromatic nitrogens is 1. The highest BCUT2D eigenvalue weighted by atomic mass is 32.2. The highest BCUT2D eigenvalue weighted by Crippen LogP contribution is 2.28. The van der Waals surface area contributed by atoms with Crippen LogP contribution in [-0.4, -0.2) is 23.2 Å². The van der Waals surface area contributed by atoms with Crippen molar-refractivity contribution in [1.29, 1.82) is 0 Å². The first kappa shape index (κ1) is 12.9. The van der Waals surface area contributed by atoms with Gasteiger partial charge in [0.1, 0.15) is 5.75 Å². The third-order valence-corrected chi connectivity index (χ3v) is 4.46. The molecule has 1 N–H and O–H groups in total. The minimum absolute atomic E-state index is 0.132. The topological polar surface area (TPSA) is 59.4 Å². The Morgan fingerprint density at radius 1 is 1.44 bits per heavy atom. The predicted molar refractivity (Wildman–Crippen MR) is 71.6 cm³/mol. The van der Waals surface area contributed by atoms with E-state index in [1.54, 1.807) is 25.1 Å². The summed E-state index contributed by atoms with van der Waals surface area (Å²) in [5, 5.41) is 8.90. The van der Waals surface area contributed by atoms with Gasteiger partial charge in [-0.15, -0.1) is 23.1 Å². The summed E-state index contributed by atoms with van der Waals surface area (Å²) in [6.45, 7) is 0. The monoisotopic (exact) mass is 281 g/mol. The smallest absolute Gasteiger partial charge is 0.365 e. The van der Waals surface area contributed by atoms with Gasteiger partial charge in [-0.25, -0.2) is 9.78 Å². The number of carbonyl (C=O) groups is 1. The average Bonchev–Trinajstić information content (AvgIpc) is 2.86. The number of nitrogens with zero attached hydrogens (tertiary/aromatic N) is 1. The largest absolute Gasteiger partial charge is 0.497 e. The van der Waals surface area contributed by atoms with Crippen LogP contribution in [0.15, 0.2) is 34.7 Å². The van der Waals surface area contributed by atoms with Crippen LogP contribution in [0.2, 0.25) is 0 Å². The summed E-state index contributed by atoms with van der Waals surface area (Å²) in [6, 6.07) is 7.80. The van der Waals surface area contributed by atoms with Crippen LogP contribution >= 0.6 is 23.1 Å². The third-order valence-electron chi connectivity index (χ3n) is 2.21. The van der Waals surface area contributed by atoms with E-state index in [0.717, 1.165) is 21.3 Å². The fourth-order valence-electron chi connectivity index (χ4n) is 1.30. The summed E-state index contributed by atoms with van der Waals surface area (Å²) in [5.74, 6) is 0.636. The van der Waals surface area contributed by atoms with Crippen molar-refractivity contribution in [2.24, 2.45) is 0 Å². The lowest BCUT2D eigenvalue weighted by Gasteiger charge is -2.01. The molecule has 0 amide bonds. The summed E-state index contributed by atoms with van der Waals surface area (Å²) in [4.78, 5) is 14.5. The Morgan fingerprint density at radius 2 is 2.17 bits per heavy atom. The van der Waals surface area contributed by atoms with Crippen LogP contribution in [0.1, 0.15) is 15.4 Å². The second-order valence-corrected chi connectivity index (χ2v) is 5.73. The van der Waals surface area contributed by atoms with Crippen LogP contribution in [0.3, 0.4) is 0 Å². The van der Waals surface area contributed by atoms with E-state index in [2.05, 4.69) is 4.98 Å². The van der Waals surface area contributed by atoms with Gasteiger partial charge < -0.3 is 9.84 Å². The predicted octanol–water partition coefficient (Wildman–Crippen LogP) is 3.14. The minimum atomic E-state index is -0.976. The number of thiazole rings is 1. The fourth-order valence-corrected chi connectivity index (χ4v) is 3.07. The first-order valence-electron chi connectivity index (χ1n) is 5.14. The quantitative estimate of drug-likeness (QED) is 0.853. The molecule has 2 rings (SSSR count). The van der Waals surface area contributed by atoms with Crippen molar-refractivity contribution in [3.05, 3.63) is 41.0 Å². The second-order valence-electron chi connectivity index (χ2n) is 3.43. The number of carboxylic acids is 1. The molecule has 1 aromatic heterocycles. The van der Waals surface area contributed by atoms with Crippen molar-refractivity contribution >= 4 is 29.1 Å². The van der Waals surface area contributed by atoms with Gasteiger partial charge >= 0.3 is 5.97 Å². The van der Waals surface area contributed by atoms with Crippen LogP contribution in [0.5, 0.6) is 5.75 Å². The summed E-state index contributed by atoms with van der Waals surface area (Å²) < 4.78 is 5.99. The molecule has 0 saturated carbocycles. The van der Waals surface area contributed by atoms with Gasteiger partial charge in [0.15, 0.2) is 0 Å². The molecule has 0 bridgehead atoms. The van der Waals surface area contributed by atoms with Crippen LogP contribution in [0.4, 0.5) is 0 Å². The molecule has 0 aliphatic heterocycles. The summed E-state index contributed by atoms with van der Waals surface area (Å²) >= 11 is 2.77. The Balaban J connectivity index is 1.95. The maximum absolute atomic E-state index is 10.7. The number of methoxy groups -OCH3 is 1. The van der Waals surface area contributed by atoms with Crippen molar-refractivity contribution in [3.8, 4) is 5.75 Å². The number of rotatable bonds is 5. The lowest BCUT2D eigenvalue weighted by Crippen LogP contribution is -1.92. The molecule has 0 aliphatic rings. The first-order chi connectivity index (χ1) is 8.69. The Hall–Kier alpha value is -1.53. The second kappa shape index (κ2) is 5.88. The van der Waals surface area contributed by atoms with Gasteiger partial charge in [-0.3, -0.25) is 0 Å². The Labute approximate surface area is 113 Å². The van der Waals surface area contributed by atoms with Crippen molar-refractivity contribution < 1.29 is 14.6 Å². The molecular formula is C12H11NO3S2. The molecule has 0 aliphatic carbocycles. The number of benzene rings is 1. The first-order valence-corrected chi connectivity index (χ1v) is 6.94. The van der Waals surface area contributed by atoms with Crippen molar-refractivity contribution in [2.75, 3.05) is 7.11 Å². The zero-order valence-corrected chi connectivity index (χ0v) is 11.3. The molecule has 2 aromatic rings. The van der Waals surface area contributed by atoms with E-state index in [-0.39, 0.29) is 5.01 Å². The lowest BCUT2D eigenvalue weighted by molar-refractivity contribution is 0.0696. The number of hydrogen-bond acceptors (Lipinski definition) is 5. The van der Waals surface area contributed by atoms with E-state index >= 15 is 0 Å². The molecule has 0 fully saturated rings. The number of ether oxygens (including phenoxy) is 1. The standard InChI is InChI=1S/C12H11NO3S2/c1-16-9-4-2-8(3-5-9)7-17-10-6-13-11(18-10)12(14)15/h2-6H,7H2,1H3,(H,14,15). The number of carboxylic acid groups (broad SMARTS) is 1. The lowest BCUT2D eigenvalue weighted by atomic mass is 10.2. The van der Waals surface area contributed by atoms with E-state index < -0.39 is 5.97 Å². The van der Waals surface area contributed by atoms with E-state index in [9.17, 15) is 4.79 Å². The molecule has 0 unspecified atom stereocenters. The van der Waals surface area contributed by atoms with Crippen molar-refractivity contribution in [3.63, 3.8) is 0 Å². The molecule has 0 atom stereocenters. The number of hydrogen-bond donors (Lipinski definition) is 1. The normalized spacial score (nSPS) is 10.3. The molecule has 1 heterocycles. The Bertz CT molecular complexity index is 537. The molecule has 0 spiro atoms. The van der Waals surface area contributed by atoms with Gasteiger partial charge in [0.25, 0.3) is 0 Å². The SMILES string of the molecule is COc1ccc(CSc2cnc(C(=O)O)s2)cc1. The maximum Gasteiger partial charge on any atom is 0.365 e. The maximum atomic E-state index is 10.7. The minimum Gasteiger partial charge on any atom is -0.497 e. The molecule has 4 nitrogen and oxygen atoms in total. The number of aromatic carboxylic acids is 1. The van der Waals surface area contributed by atoms with E-state index in [4.69, 9.17) is 9.84 Å². The van der Waals surface area contributed by atoms with Gasteiger partial charge in [-0.1, -0.05) is 12.1 Å². The zero-order valence-electron chi connectivity index (χ0n) is 9.62. The zero-order chi connectivity index (χ0) is 13.0. The molecule has 0 saturated heterocycles. The number of thioether (sulfide) groups is 1. The molecule has 6 heteroatoms. The molecule has 18 heavy (non-hydrogen) atoms. The summed E-state index contributed by atoms with van der Waals surface area (Å²) in [5.41, 5.74) is 1.16. The Kier molecular flexibility index (Phi) is 4.22. The van der Waals surface area contributed by atoms with E-state index in [0.29, 0.717) is 0 Å². The van der Waals surface area contributed by atoms with E-state index in [1.807, 2.05) is 24.3 Å². The summed E-state index contributed by atoms with van der Waals surface area (Å²) in [6.07, 6.45) is 1.60. The molecule has 0 radical (unpaired) electrons. The Morgan fingerprint density at radius 3 is 2.72 bits per heavy atom. The molecular weight excluding hydrogens is 270 g/mol. The van der Waals surface area contributed by atoms with Crippen molar-refractivity contribution in [2.45, 2.75) is 9.96 Å². The van der Waals surface area contributed by atoms with Gasteiger partial charge in [0.2, 0.25) is 5.01 Å². The van der Waals surface area contributed by atoms with Crippen LogP contribution in [0.25, 0.3) is 0 Å². The van der Waals surface area contributed by atoms with Crippen LogP contribution in [-0.2, 0) is 5.75 Å². The summed E-state index contributed by atoms with van der Waals surface area (Å²) in [7, 11) is 1.63. The van der Waals surface area contributed by atoms with Gasteiger partial charge in [-0.05, 0) is 17.7 Å². The van der Waals surface area contributed by atoms with Crippen LogP contribution in [0, 0.1) is 0 Å². The van der Waals surface area contributed by atoms with Gasteiger partial charge in [-0.2, -0.15) is 0 Å². The van der Waals surface area contributed by atoms with Crippen molar-refractivity contribution in [1.82, 2.24) is 4.98 Å². The van der Waals surface area contributed by atoms with Gasteiger partial charge in [0, 0.05) is 5.75 Å². The fraction of sp³-hybridized carbons (Fsp3) is 0.167.